The van der Waals surface area contributed by atoms with Gasteiger partial charge in [-0.3, -0.25) is 9.36 Å². The number of aliphatic hydroxyl groups is 1. The molecule has 2 heterocycles. The van der Waals surface area contributed by atoms with E-state index in [0.29, 0.717) is 23.5 Å². The fourth-order valence-corrected chi connectivity index (χ4v) is 3.81. The Morgan fingerprint density at radius 3 is 2.81 bits per heavy atom. The number of aromatic amines is 1. The topological polar surface area (TPSA) is 129 Å². The number of carbonyl (C=O) groups excluding carboxylic acids is 1. The SMILES string of the molecule is Cc1ccc2[nH]c(=O)n(CC(C)(C)NC[C@H](O)c3cc(O)cc4c3OCC(=O)N4)c2c1. The van der Waals surface area contributed by atoms with E-state index in [9.17, 15) is 19.8 Å². The van der Waals surface area contributed by atoms with E-state index >= 15 is 0 Å². The van der Waals surface area contributed by atoms with Gasteiger partial charge in [-0.25, -0.2) is 4.79 Å². The van der Waals surface area contributed by atoms with Crippen molar-refractivity contribution in [2.75, 3.05) is 18.5 Å². The van der Waals surface area contributed by atoms with E-state index in [1.165, 1.54) is 12.1 Å². The first-order valence-corrected chi connectivity index (χ1v) is 10.0. The van der Waals surface area contributed by atoms with E-state index in [2.05, 4.69) is 15.6 Å². The summed E-state index contributed by atoms with van der Waals surface area (Å²) in [5, 5.41) is 26.7. The summed E-state index contributed by atoms with van der Waals surface area (Å²) in [6.07, 6.45) is -1.00. The lowest BCUT2D eigenvalue weighted by atomic mass is 10.0. The van der Waals surface area contributed by atoms with Crippen molar-refractivity contribution in [3.8, 4) is 11.5 Å². The Morgan fingerprint density at radius 2 is 2.03 bits per heavy atom. The summed E-state index contributed by atoms with van der Waals surface area (Å²) in [5.41, 5.74) is 2.63. The number of β-amino-alcohol motifs (C(OH)–C–C–N with tert-alkyl or cyclic N) is 1. The number of aromatic nitrogens is 2. The third-order valence-corrected chi connectivity index (χ3v) is 5.34. The van der Waals surface area contributed by atoms with Crippen LogP contribution in [0.1, 0.15) is 31.1 Å². The smallest absolute Gasteiger partial charge is 0.326 e. The molecule has 0 aliphatic carbocycles. The van der Waals surface area contributed by atoms with Gasteiger partial charge in [0.15, 0.2) is 6.61 Å². The number of imidazole rings is 1. The molecule has 1 atom stereocenters. The minimum Gasteiger partial charge on any atom is -0.508 e. The number of benzene rings is 2. The lowest BCUT2D eigenvalue weighted by Gasteiger charge is -2.29. The van der Waals surface area contributed by atoms with Crippen LogP contribution >= 0.6 is 0 Å². The summed E-state index contributed by atoms with van der Waals surface area (Å²) >= 11 is 0. The second-order valence-corrected chi connectivity index (χ2v) is 8.57. The van der Waals surface area contributed by atoms with Crippen LogP contribution in [0.15, 0.2) is 35.1 Å². The van der Waals surface area contributed by atoms with Gasteiger partial charge in [0.1, 0.15) is 11.5 Å². The number of fused-ring (bicyclic) bond motifs is 2. The normalized spacial score (nSPS) is 14.8. The summed E-state index contributed by atoms with van der Waals surface area (Å²) < 4.78 is 7.15. The first-order valence-electron chi connectivity index (χ1n) is 10.0. The van der Waals surface area contributed by atoms with E-state index in [1.807, 2.05) is 39.0 Å². The molecule has 0 spiro atoms. The number of aryl methyl sites for hydroxylation is 1. The van der Waals surface area contributed by atoms with Gasteiger partial charge in [-0.2, -0.15) is 0 Å². The van der Waals surface area contributed by atoms with E-state index in [0.717, 1.165) is 16.6 Å². The molecule has 0 saturated heterocycles. The van der Waals surface area contributed by atoms with Crippen molar-refractivity contribution in [2.45, 2.75) is 39.0 Å². The number of carbonyl (C=O) groups is 1. The van der Waals surface area contributed by atoms with Crippen molar-refractivity contribution in [1.82, 2.24) is 14.9 Å². The summed E-state index contributed by atoms with van der Waals surface area (Å²) in [7, 11) is 0. The Bertz CT molecular complexity index is 1210. The van der Waals surface area contributed by atoms with Crippen LogP contribution in [-0.2, 0) is 11.3 Å². The van der Waals surface area contributed by atoms with E-state index < -0.39 is 11.6 Å². The Hall–Kier alpha value is -3.30. The summed E-state index contributed by atoms with van der Waals surface area (Å²) in [4.78, 5) is 26.9. The van der Waals surface area contributed by atoms with Crippen LogP contribution in [0.5, 0.6) is 11.5 Å². The van der Waals surface area contributed by atoms with E-state index in [-0.39, 0.29) is 30.5 Å². The van der Waals surface area contributed by atoms with Gasteiger partial charge in [0, 0.05) is 30.3 Å². The maximum atomic E-state index is 12.5. The number of aliphatic hydroxyl groups excluding tert-OH is 1. The second kappa shape index (κ2) is 7.75. The van der Waals surface area contributed by atoms with Crippen molar-refractivity contribution in [2.24, 2.45) is 0 Å². The average molecular weight is 426 g/mol. The van der Waals surface area contributed by atoms with Crippen LogP contribution < -0.4 is 21.1 Å². The number of phenols is 1. The molecular weight excluding hydrogens is 400 g/mol. The molecular formula is C22H26N4O5. The van der Waals surface area contributed by atoms with Crippen LogP contribution in [0, 0.1) is 6.92 Å². The van der Waals surface area contributed by atoms with Gasteiger partial charge in [-0.1, -0.05) is 6.07 Å². The largest absolute Gasteiger partial charge is 0.508 e. The number of rotatable bonds is 6. The molecule has 1 amide bonds. The lowest BCUT2D eigenvalue weighted by molar-refractivity contribution is -0.118. The fraction of sp³-hybridized carbons (Fsp3) is 0.364. The van der Waals surface area contributed by atoms with Gasteiger partial charge in [-0.15, -0.1) is 0 Å². The zero-order valence-electron chi connectivity index (χ0n) is 17.7. The molecule has 0 fully saturated rings. The predicted octanol–water partition coefficient (Wildman–Crippen LogP) is 1.78. The molecule has 0 bridgehead atoms. The van der Waals surface area contributed by atoms with Crippen molar-refractivity contribution in [3.63, 3.8) is 0 Å². The average Bonchev–Trinajstić information content (AvgIpc) is 2.99. The molecule has 1 aliphatic heterocycles. The minimum atomic E-state index is -1.00. The molecule has 9 heteroatoms. The Labute approximate surface area is 178 Å². The number of hydrogen-bond donors (Lipinski definition) is 5. The van der Waals surface area contributed by atoms with Gasteiger partial charge in [0.2, 0.25) is 0 Å². The van der Waals surface area contributed by atoms with E-state index in [1.54, 1.807) is 4.57 Å². The van der Waals surface area contributed by atoms with Crippen LogP contribution in [0.2, 0.25) is 0 Å². The van der Waals surface area contributed by atoms with Gasteiger partial charge >= 0.3 is 5.69 Å². The molecule has 9 nitrogen and oxygen atoms in total. The number of phenolic OH excluding ortho intramolecular Hbond substituents is 1. The lowest BCUT2D eigenvalue weighted by Crippen LogP contribution is -2.46. The van der Waals surface area contributed by atoms with Gasteiger partial charge in [-0.05, 0) is 44.5 Å². The highest BCUT2D eigenvalue weighted by molar-refractivity contribution is 5.96. The van der Waals surface area contributed by atoms with E-state index in [4.69, 9.17) is 4.74 Å². The zero-order chi connectivity index (χ0) is 22.3. The maximum Gasteiger partial charge on any atom is 0.326 e. The maximum absolute atomic E-state index is 12.5. The minimum absolute atomic E-state index is 0.0847. The first kappa shape index (κ1) is 21.0. The number of ether oxygens (including phenoxy) is 1. The standard InChI is InChI=1S/C22H26N4O5/c1-12-4-5-15-17(6-12)26(21(30)25-15)11-22(2,3)23-9-18(28)14-7-13(27)8-16-20(14)31-10-19(29)24-16/h4-8,18,23,27-28H,9-11H2,1-3H3,(H,24,29)(H,25,30)/t18-/m0/s1. The Morgan fingerprint density at radius 1 is 1.26 bits per heavy atom. The highest BCUT2D eigenvalue weighted by Gasteiger charge is 2.27. The monoisotopic (exact) mass is 426 g/mol. The number of anilines is 1. The fourth-order valence-electron chi connectivity index (χ4n) is 3.81. The first-order chi connectivity index (χ1) is 14.6. The molecule has 3 aromatic rings. The molecule has 2 aromatic carbocycles. The molecule has 31 heavy (non-hydrogen) atoms. The highest BCUT2D eigenvalue weighted by Crippen LogP contribution is 2.38. The van der Waals surface area contributed by atoms with Gasteiger partial charge in [0.25, 0.3) is 5.91 Å². The number of nitrogens with one attached hydrogen (secondary N) is 3. The van der Waals surface area contributed by atoms with Crippen molar-refractivity contribution < 1.29 is 19.7 Å². The molecule has 1 aromatic heterocycles. The number of nitrogens with zero attached hydrogens (tertiary/aromatic N) is 1. The quantitative estimate of drug-likeness (QED) is 0.409. The Balaban J connectivity index is 1.52. The van der Waals surface area contributed by atoms with Crippen molar-refractivity contribution in [1.29, 1.82) is 0 Å². The third-order valence-electron chi connectivity index (χ3n) is 5.34. The highest BCUT2D eigenvalue weighted by atomic mass is 16.5. The van der Waals surface area contributed by atoms with Crippen molar-refractivity contribution >= 4 is 22.6 Å². The molecule has 164 valence electrons. The van der Waals surface area contributed by atoms with Crippen LogP contribution in [0.3, 0.4) is 0 Å². The summed E-state index contributed by atoms with van der Waals surface area (Å²) in [5.74, 6) is -0.0661. The third kappa shape index (κ3) is 4.28. The number of hydrogen-bond acceptors (Lipinski definition) is 6. The van der Waals surface area contributed by atoms with Crippen LogP contribution in [-0.4, -0.2) is 44.4 Å². The molecule has 1 aliphatic rings. The van der Waals surface area contributed by atoms with Gasteiger partial charge in [0.05, 0.1) is 22.8 Å². The molecule has 0 saturated carbocycles. The molecule has 4 rings (SSSR count). The molecule has 0 radical (unpaired) electrons. The number of H-pyrrole nitrogens is 1. The zero-order valence-corrected chi connectivity index (χ0v) is 17.7. The van der Waals surface area contributed by atoms with Crippen LogP contribution in [0.25, 0.3) is 11.0 Å². The van der Waals surface area contributed by atoms with Gasteiger partial charge < -0.3 is 30.6 Å². The molecule has 0 unspecified atom stereocenters. The van der Waals surface area contributed by atoms with Crippen molar-refractivity contribution in [3.05, 3.63) is 51.9 Å². The molecule has 5 N–H and O–H groups in total. The predicted molar refractivity (Wildman–Crippen MR) is 117 cm³/mol. The number of amides is 1. The number of aromatic hydroxyl groups is 1. The second-order valence-electron chi connectivity index (χ2n) is 8.57. The summed E-state index contributed by atoms with van der Waals surface area (Å²) in [6.45, 7) is 6.23. The Kier molecular flexibility index (Phi) is 5.24. The summed E-state index contributed by atoms with van der Waals surface area (Å²) in [6, 6.07) is 8.59. The van der Waals surface area contributed by atoms with Crippen LogP contribution in [0.4, 0.5) is 5.69 Å².